The van der Waals surface area contributed by atoms with Crippen molar-refractivity contribution in [2.75, 3.05) is 7.11 Å². The first-order valence-corrected chi connectivity index (χ1v) is 6.51. The van der Waals surface area contributed by atoms with E-state index in [-0.39, 0.29) is 5.82 Å². The number of halogens is 2. The smallest absolute Gasteiger partial charge is 0.131 e. The van der Waals surface area contributed by atoms with Gasteiger partial charge in [-0.1, -0.05) is 22.0 Å². The summed E-state index contributed by atoms with van der Waals surface area (Å²) in [5, 5.41) is 0.532. The Bertz CT molecular complexity index is 543. The summed E-state index contributed by atoms with van der Waals surface area (Å²) >= 11 is 3.31. The number of hydrogen-bond acceptors (Lipinski definition) is 2. The second-order valence-corrected chi connectivity index (χ2v) is 4.23. The third-order valence-electron chi connectivity index (χ3n) is 2.44. The van der Waals surface area contributed by atoms with Crippen LogP contribution in [0.15, 0.2) is 42.5 Å². The largest absolute Gasteiger partial charge is 0.497 e. The van der Waals surface area contributed by atoms with Gasteiger partial charge in [-0.25, -0.2) is 4.39 Å². The minimum atomic E-state index is -0.276. The van der Waals surface area contributed by atoms with Crippen molar-refractivity contribution in [2.45, 2.75) is 5.33 Å². The summed E-state index contributed by atoms with van der Waals surface area (Å²) in [6.07, 6.45) is 0. The fourth-order valence-electron chi connectivity index (χ4n) is 1.54. The fraction of sp³-hybridized carbons (Fsp3) is 0.143. The second-order valence-electron chi connectivity index (χ2n) is 3.67. The van der Waals surface area contributed by atoms with Crippen LogP contribution in [0.5, 0.6) is 17.2 Å². The van der Waals surface area contributed by atoms with Gasteiger partial charge >= 0.3 is 0 Å². The van der Waals surface area contributed by atoms with E-state index in [9.17, 15) is 4.39 Å². The van der Waals surface area contributed by atoms with Gasteiger partial charge in [0.15, 0.2) is 0 Å². The van der Waals surface area contributed by atoms with Gasteiger partial charge in [0, 0.05) is 17.0 Å². The van der Waals surface area contributed by atoms with Crippen LogP contribution in [0.3, 0.4) is 0 Å². The fourth-order valence-corrected chi connectivity index (χ4v) is 1.98. The van der Waals surface area contributed by atoms with Crippen LogP contribution < -0.4 is 9.47 Å². The first kappa shape index (κ1) is 12.9. The van der Waals surface area contributed by atoms with E-state index in [4.69, 9.17) is 9.47 Å². The van der Waals surface area contributed by atoms with Crippen LogP contribution in [0.4, 0.5) is 4.39 Å². The van der Waals surface area contributed by atoms with Gasteiger partial charge in [-0.2, -0.15) is 0 Å². The molecule has 0 spiro atoms. The molecule has 2 rings (SSSR count). The van der Waals surface area contributed by atoms with Crippen LogP contribution in [-0.2, 0) is 5.33 Å². The topological polar surface area (TPSA) is 18.5 Å². The molecule has 0 aliphatic rings. The van der Waals surface area contributed by atoms with Crippen LogP contribution in [0, 0.1) is 5.82 Å². The average molecular weight is 311 g/mol. The Hall–Kier alpha value is -1.55. The third-order valence-corrected chi connectivity index (χ3v) is 3.04. The molecule has 0 saturated carbocycles. The highest BCUT2D eigenvalue weighted by Crippen LogP contribution is 2.29. The van der Waals surface area contributed by atoms with E-state index >= 15 is 0 Å². The van der Waals surface area contributed by atoms with Gasteiger partial charge < -0.3 is 9.47 Å². The molecule has 0 aliphatic carbocycles. The van der Waals surface area contributed by atoms with Crippen LogP contribution in [0.1, 0.15) is 5.56 Å². The Morgan fingerprint density at radius 3 is 2.61 bits per heavy atom. The number of rotatable bonds is 4. The van der Waals surface area contributed by atoms with E-state index in [2.05, 4.69) is 15.9 Å². The van der Waals surface area contributed by atoms with Gasteiger partial charge in [-0.15, -0.1) is 0 Å². The molecule has 2 nitrogen and oxygen atoms in total. The number of ether oxygens (including phenoxy) is 2. The molecule has 0 saturated heterocycles. The molecule has 0 bridgehead atoms. The highest BCUT2D eigenvalue weighted by atomic mass is 79.9. The monoisotopic (exact) mass is 310 g/mol. The highest BCUT2D eigenvalue weighted by Gasteiger charge is 2.06. The Labute approximate surface area is 113 Å². The first-order valence-electron chi connectivity index (χ1n) is 5.39. The van der Waals surface area contributed by atoms with Gasteiger partial charge in [0.1, 0.15) is 23.1 Å². The van der Waals surface area contributed by atoms with E-state index < -0.39 is 0 Å². The quantitative estimate of drug-likeness (QED) is 0.773. The minimum Gasteiger partial charge on any atom is -0.497 e. The highest BCUT2D eigenvalue weighted by molar-refractivity contribution is 9.08. The Kier molecular flexibility index (Phi) is 4.20. The summed E-state index contributed by atoms with van der Waals surface area (Å²) in [6, 6.07) is 11.7. The lowest BCUT2D eigenvalue weighted by atomic mass is 10.2. The van der Waals surface area contributed by atoms with Crippen LogP contribution >= 0.6 is 15.9 Å². The molecule has 94 valence electrons. The molecule has 18 heavy (non-hydrogen) atoms. The van der Waals surface area contributed by atoms with E-state index in [1.807, 2.05) is 18.2 Å². The van der Waals surface area contributed by atoms with Crippen molar-refractivity contribution in [1.29, 1.82) is 0 Å². The zero-order valence-electron chi connectivity index (χ0n) is 9.82. The van der Waals surface area contributed by atoms with Crippen molar-refractivity contribution >= 4 is 15.9 Å². The molecule has 4 heteroatoms. The molecule has 0 heterocycles. The van der Waals surface area contributed by atoms with Crippen molar-refractivity contribution in [3.63, 3.8) is 0 Å². The summed E-state index contributed by atoms with van der Waals surface area (Å²) in [4.78, 5) is 0. The standard InChI is InChI=1S/C14H12BrFO2/c1-17-12-3-2-4-13(8-12)18-14-6-5-11(16)7-10(14)9-15/h2-8H,9H2,1H3. The maximum atomic E-state index is 13.1. The zero-order valence-corrected chi connectivity index (χ0v) is 11.4. The molecule has 0 fully saturated rings. The van der Waals surface area contributed by atoms with Crippen molar-refractivity contribution in [3.8, 4) is 17.2 Å². The molecular formula is C14H12BrFO2. The normalized spacial score (nSPS) is 10.2. The van der Waals surface area contributed by atoms with Gasteiger partial charge in [0.2, 0.25) is 0 Å². The molecule has 0 unspecified atom stereocenters. The molecule has 0 N–H and O–H groups in total. The molecule has 0 atom stereocenters. The molecule has 0 aromatic heterocycles. The second kappa shape index (κ2) is 5.87. The Morgan fingerprint density at radius 1 is 1.11 bits per heavy atom. The number of benzene rings is 2. The number of alkyl halides is 1. The van der Waals surface area contributed by atoms with Crippen molar-refractivity contribution in [3.05, 3.63) is 53.8 Å². The molecular weight excluding hydrogens is 299 g/mol. The van der Waals surface area contributed by atoms with Crippen molar-refractivity contribution in [2.24, 2.45) is 0 Å². The Balaban J connectivity index is 2.27. The van der Waals surface area contributed by atoms with Crippen molar-refractivity contribution < 1.29 is 13.9 Å². The van der Waals surface area contributed by atoms with Crippen LogP contribution in [0.25, 0.3) is 0 Å². The molecule has 2 aromatic carbocycles. The summed E-state index contributed by atoms with van der Waals surface area (Å²) in [5.41, 5.74) is 0.762. The predicted octanol–water partition coefficient (Wildman–Crippen LogP) is 4.52. The van der Waals surface area contributed by atoms with E-state index in [1.165, 1.54) is 12.1 Å². The van der Waals surface area contributed by atoms with Gasteiger partial charge in [0.25, 0.3) is 0 Å². The van der Waals surface area contributed by atoms with Gasteiger partial charge in [-0.3, -0.25) is 0 Å². The molecule has 0 radical (unpaired) electrons. The Morgan fingerprint density at radius 2 is 1.89 bits per heavy atom. The zero-order chi connectivity index (χ0) is 13.0. The molecule has 2 aromatic rings. The van der Waals surface area contributed by atoms with E-state index in [0.717, 1.165) is 11.3 Å². The lowest BCUT2D eigenvalue weighted by Gasteiger charge is -2.10. The minimum absolute atomic E-state index is 0.276. The predicted molar refractivity (Wildman–Crippen MR) is 72.1 cm³/mol. The van der Waals surface area contributed by atoms with Crippen LogP contribution in [-0.4, -0.2) is 7.11 Å². The first-order chi connectivity index (χ1) is 8.72. The summed E-state index contributed by atoms with van der Waals surface area (Å²) in [5.74, 6) is 1.72. The maximum Gasteiger partial charge on any atom is 0.131 e. The van der Waals surface area contributed by atoms with Crippen molar-refractivity contribution in [1.82, 2.24) is 0 Å². The summed E-state index contributed by atoms with van der Waals surface area (Å²) in [7, 11) is 1.60. The summed E-state index contributed by atoms with van der Waals surface area (Å²) < 4.78 is 23.9. The third kappa shape index (κ3) is 3.01. The lowest BCUT2D eigenvalue weighted by molar-refractivity contribution is 0.408. The van der Waals surface area contributed by atoms with Gasteiger partial charge in [-0.05, 0) is 30.3 Å². The number of methoxy groups -OCH3 is 1. The van der Waals surface area contributed by atoms with E-state index in [1.54, 1.807) is 19.2 Å². The number of hydrogen-bond donors (Lipinski definition) is 0. The average Bonchev–Trinajstić information content (AvgIpc) is 2.41. The van der Waals surface area contributed by atoms with E-state index in [0.29, 0.717) is 16.8 Å². The SMILES string of the molecule is COc1cccc(Oc2ccc(F)cc2CBr)c1. The van der Waals surface area contributed by atoms with Crippen LogP contribution in [0.2, 0.25) is 0 Å². The summed E-state index contributed by atoms with van der Waals surface area (Å²) in [6.45, 7) is 0. The maximum absolute atomic E-state index is 13.1. The van der Waals surface area contributed by atoms with Gasteiger partial charge in [0.05, 0.1) is 7.11 Å². The molecule has 0 amide bonds. The molecule has 0 aliphatic heterocycles. The lowest BCUT2D eigenvalue weighted by Crippen LogP contribution is -1.91.